The van der Waals surface area contributed by atoms with Crippen LogP contribution in [0.1, 0.15) is 12.8 Å². The minimum absolute atomic E-state index is 0.190. The minimum atomic E-state index is -0.602. The Morgan fingerprint density at radius 1 is 0.939 bits per heavy atom. The van der Waals surface area contributed by atoms with Crippen molar-refractivity contribution < 1.29 is 24.4 Å². The van der Waals surface area contributed by atoms with Crippen molar-refractivity contribution in [2.24, 2.45) is 0 Å². The normalized spacial score (nSPS) is 16.9. The number of ether oxygens (including phenoxy) is 3. The molecule has 182 valence electrons. The Kier molecular flexibility index (Phi) is 10.4. The number of nitrogens with one attached hydrogen (secondary N) is 1. The number of likely N-dealkylation sites (tertiary alicyclic amines) is 1. The van der Waals surface area contributed by atoms with Crippen molar-refractivity contribution in [3.8, 4) is 17.2 Å². The molecule has 1 aliphatic rings. The van der Waals surface area contributed by atoms with Gasteiger partial charge in [0, 0.05) is 31.3 Å². The topological polar surface area (TPSA) is 83.4 Å². The molecule has 1 heterocycles. The van der Waals surface area contributed by atoms with Crippen LogP contribution in [0.2, 0.25) is 10.0 Å². The van der Waals surface area contributed by atoms with Gasteiger partial charge in [0.25, 0.3) is 0 Å². The molecule has 0 bridgehead atoms. The number of aliphatic hydroxyl groups excluding tert-OH is 2. The van der Waals surface area contributed by atoms with Crippen molar-refractivity contribution in [3.63, 3.8) is 0 Å². The number of aliphatic hydroxyl groups is 2. The molecule has 0 unspecified atom stereocenters. The summed E-state index contributed by atoms with van der Waals surface area (Å²) in [7, 11) is 1.61. The number of piperidine rings is 1. The van der Waals surface area contributed by atoms with Crippen LogP contribution in [0.3, 0.4) is 0 Å². The van der Waals surface area contributed by atoms with E-state index in [4.69, 9.17) is 37.4 Å². The maximum absolute atomic E-state index is 10.3. The fraction of sp³-hybridized carbons (Fsp3) is 0.500. The number of β-amino-alcohol motifs (C(OH)–C–C–N with tert-alkyl or cyclic N) is 1. The maximum Gasteiger partial charge on any atom is 0.123 e. The third-order valence-electron chi connectivity index (χ3n) is 5.52. The molecule has 3 rings (SSSR count). The SMILES string of the molecule is COc1cccc(OC[C@H](O)CNC2CCN(C[C@H](O)COc3ccc(Cl)c(Cl)c3)CC2)c1. The fourth-order valence-electron chi connectivity index (χ4n) is 3.67. The van der Waals surface area contributed by atoms with Gasteiger partial charge in [-0.2, -0.15) is 0 Å². The van der Waals surface area contributed by atoms with Crippen molar-refractivity contribution in [1.82, 2.24) is 10.2 Å². The van der Waals surface area contributed by atoms with Gasteiger partial charge in [-0.3, -0.25) is 0 Å². The Hall–Kier alpha value is -1.74. The van der Waals surface area contributed by atoms with Gasteiger partial charge in [-0.25, -0.2) is 0 Å². The summed E-state index contributed by atoms with van der Waals surface area (Å²) in [5.41, 5.74) is 0. The molecular weight excluding hydrogens is 467 g/mol. The number of hydrogen-bond acceptors (Lipinski definition) is 7. The van der Waals surface area contributed by atoms with Crippen LogP contribution in [0, 0.1) is 0 Å². The molecule has 1 saturated heterocycles. The fourth-order valence-corrected chi connectivity index (χ4v) is 3.96. The molecule has 2 atom stereocenters. The molecule has 9 heteroatoms. The zero-order chi connectivity index (χ0) is 23.6. The zero-order valence-corrected chi connectivity index (χ0v) is 20.3. The first-order valence-corrected chi connectivity index (χ1v) is 11.8. The lowest BCUT2D eigenvalue weighted by atomic mass is 10.0. The van der Waals surface area contributed by atoms with Gasteiger partial charge >= 0.3 is 0 Å². The van der Waals surface area contributed by atoms with E-state index >= 15 is 0 Å². The molecule has 0 aromatic heterocycles. The van der Waals surface area contributed by atoms with E-state index in [-0.39, 0.29) is 13.2 Å². The van der Waals surface area contributed by atoms with E-state index in [9.17, 15) is 10.2 Å². The molecule has 2 aromatic rings. The molecule has 0 spiro atoms. The number of halogens is 2. The highest BCUT2D eigenvalue weighted by atomic mass is 35.5. The van der Waals surface area contributed by atoms with Gasteiger partial charge in [-0.15, -0.1) is 0 Å². The first-order chi connectivity index (χ1) is 15.9. The summed E-state index contributed by atoms with van der Waals surface area (Å²) in [6, 6.07) is 12.7. The number of methoxy groups -OCH3 is 1. The van der Waals surface area contributed by atoms with Gasteiger partial charge in [0.05, 0.1) is 17.2 Å². The lowest BCUT2D eigenvalue weighted by Gasteiger charge is -2.33. The molecule has 1 aliphatic heterocycles. The largest absolute Gasteiger partial charge is 0.497 e. The van der Waals surface area contributed by atoms with Crippen molar-refractivity contribution in [3.05, 3.63) is 52.5 Å². The Bertz CT molecular complexity index is 864. The first kappa shape index (κ1) is 25.9. The van der Waals surface area contributed by atoms with Crippen LogP contribution in [0.25, 0.3) is 0 Å². The van der Waals surface area contributed by atoms with Gasteiger partial charge in [-0.05, 0) is 50.2 Å². The van der Waals surface area contributed by atoms with Crippen LogP contribution in [-0.2, 0) is 0 Å². The van der Waals surface area contributed by atoms with Gasteiger partial charge in [0.2, 0.25) is 0 Å². The minimum Gasteiger partial charge on any atom is -0.497 e. The highest BCUT2D eigenvalue weighted by Crippen LogP contribution is 2.26. The van der Waals surface area contributed by atoms with Crippen LogP contribution < -0.4 is 19.5 Å². The summed E-state index contributed by atoms with van der Waals surface area (Å²) in [6.07, 6.45) is 0.697. The molecule has 33 heavy (non-hydrogen) atoms. The Morgan fingerprint density at radius 2 is 1.61 bits per heavy atom. The van der Waals surface area contributed by atoms with E-state index in [2.05, 4.69) is 10.2 Å². The zero-order valence-electron chi connectivity index (χ0n) is 18.8. The molecule has 3 N–H and O–H groups in total. The lowest BCUT2D eigenvalue weighted by Crippen LogP contribution is -2.47. The van der Waals surface area contributed by atoms with E-state index in [0.717, 1.165) is 31.7 Å². The van der Waals surface area contributed by atoms with E-state index in [1.165, 1.54) is 0 Å². The van der Waals surface area contributed by atoms with Crippen LogP contribution in [0.5, 0.6) is 17.2 Å². The van der Waals surface area contributed by atoms with Crippen molar-refractivity contribution in [2.45, 2.75) is 31.1 Å². The predicted octanol–water partition coefficient (Wildman–Crippen LogP) is 3.24. The van der Waals surface area contributed by atoms with Crippen LogP contribution in [0.15, 0.2) is 42.5 Å². The molecule has 0 aliphatic carbocycles. The highest BCUT2D eigenvalue weighted by molar-refractivity contribution is 6.42. The Labute approximate surface area is 205 Å². The van der Waals surface area contributed by atoms with E-state index in [0.29, 0.717) is 40.7 Å². The average molecular weight is 499 g/mol. The maximum atomic E-state index is 10.3. The second kappa shape index (κ2) is 13.2. The average Bonchev–Trinajstić information content (AvgIpc) is 2.83. The first-order valence-electron chi connectivity index (χ1n) is 11.1. The summed E-state index contributed by atoms with van der Waals surface area (Å²) in [4.78, 5) is 2.23. The van der Waals surface area contributed by atoms with Crippen LogP contribution in [-0.4, -0.2) is 79.9 Å². The summed E-state index contributed by atoms with van der Waals surface area (Å²) >= 11 is 11.9. The van der Waals surface area contributed by atoms with Gasteiger partial charge < -0.3 is 34.6 Å². The second-order valence-corrected chi connectivity index (χ2v) is 8.98. The Balaban J connectivity index is 1.28. The third-order valence-corrected chi connectivity index (χ3v) is 6.25. The summed E-state index contributed by atoms with van der Waals surface area (Å²) in [6.45, 7) is 3.16. The predicted molar refractivity (Wildman–Crippen MR) is 130 cm³/mol. The van der Waals surface area contributed by atoms with Crippen LogP contribution in [0.4, 0.5) is 0 Å². The summed E-state index contributed by atoms with van der Waals surface area (Å²) in [5.74, 6) is 1.97. The van der Waals surface area contributed by atoms with Crippen molar-refractivity contribution >= 4 is 23.2 Å². The summed E-state index contributed by atoms with van der Waals surface area (Å²) in [5, 5.41) is 24.9. The van der Waals surface area contributed by atoms with E-state index in [1.54, 1.807) is 31.4 Å². The van der Waals surface area contributed by atoms with Gasteiger partial charge in [-0.1, -0.05) is 29.3 Å². The molecular formula is C24H32Cl2N2O5. The molecule has 0 radical (unpaired) electrons. The van der Waals surface area contributed by atoms with E-state index in [1.807, 2.05) is 18.2 Å². The smallest absolute Gasteiger partial charge is 0.123 e. The Morgan fingerprint density at radius 3 is 2.30 bits per heavy atom. The number of rotatable bonds is 12. The highest BCUT2D eigenvalue weighted by Gasteiger charge is 2.21. The third kappa shape index (κ3) is 8.85. The lowest BCUT2D eigenvalue weighted by molar-refractivity contribution is 0.0556. The monoisotopic (exact) mass is 498 g/mol. The standard InChI is InChI=1S/C24H32Cl2N2O5/c1-31-20-3-2-4-21(11-20)32-15-18(29)13-27-17-7-9-28(10-8-17)14-19(30)16-33-22-5-6-23(25)24(26)12-22/h2-6,11-12,17-19,27,29-30H,7-10,13-16H2,1H3/t18-,19+/m1/s1. The quantitative estimate of drug-likeness (QED) is 0.414. The number of benzene rings is 2. The van der Waals surface area contributed by atoms with Gasteiger partial charge in [0.15, 0.2) is 0 Å². The molecule has 0 saturated carbocycles. The molecule has 2 aromatic carbocycles. The van der Waals surface area contributed by atoms with E-state index < -0.39 is 12.2 Å². The number of hydrogen-bond donors (Lipinski definition) is 3. The molecule has 1 fully saturated rings. The molecule has 0 amide bonds. The second-order valence-electron chi connectivity index (χ2n) is 8.17. The summed E-state index contributed by atoms with van der Waals surface area (Å²) < 4.78 is 16.4. The van der Waals surface area contributed by atoms with Crippen molar-refractivity contribution in [1.29, 1.82) is 0 Å². The number of nitrogens with zero attached hydrogens (tertiary/aromatic N) is 1. The van der Waals surface area contributed by atoms with Crippen molar-refractivity contribution in [2.75, 3.05) is 46.5 Å². The van der Waals surface area contributed by atoms with Crippen LogP contribution >= 0.6 is 23.2 Å². The van der Waals surface area contributed by atoms with Gasteiger partial charge in [0.1, 0.15) is 42.7 Å². The molecule has 7 nitrogen and oxygen atoms in total.